The number of piperidine rings is 1. The number of hydrogen-bond donors (Lipinski definition) is 1. The summed E-state index contributed by atoms with van der Waals surface area (Å²) in [5.41, 5.74) is 2.13. The highest BCUT2D eigenvalue weighted by molar-refractivity contribution is 7.09. The molecule has 2 fully saturated rings. The lowest BCUT2D eigenvalue weighted by molar-refractivity contribution is 0.0924. The second-order valence-electron chi connectivity index (χ2n) is 10.3. The Morgan fingerprint density at radius 2 is 1.84 bits per heavy atom. The highest BCUT2D eigenvalue weighted by Gasteiger charge is 2.28. The van der Waals surface area contributed by atoms with E-state index in [1.54, 1.807) is 25.6 Å². The number of likely N-dealkylation sites (tertiary alicyclic amines) is 1. The molecule has 5 rings (SSSR count). The number of methoxy groups -OCH3 is 2. The molecule has 3 aromatic rings. The highest BCUT2D eigenvalue weighted by atomic mass is 32.1. The lowest BCUT2D eigenvalue weighted by Gasteiger charge is -2.28. The molecule has 2 aromatic heterocycles. The van der Waals surface area contributed by atoms with E-state index in [9.17, 15) is 4.79 Å². The monoisotopic (exact) mass is 537 g/mol. The molecule has 9 heteroatoms. The summed E-state index contributed by atoms with van der Waals surface area (Å²) in [5, 5.41) is 11.2. The van der Waals surface area contributed by atoms with Gasteiger partial charge in [0, 0.05) is 30.6 Å². The molecule has 2 aliphatic rings. The maximum atomic E-state index is 13.7. The molecule has 1 unspecified atom stereocenters. The summed E-state index contributed by atoms with van der Waals surface area (Å²) in [4.78, 5) is 20.7. The fourth-order valence-electron chi connectivity index (χ4n) is 5.79. The predicted molar refractivity (Wildman–Crippen MR) is 150 cm³/mol. The van der Waals surface area contributed by atoms with Gasteiger partial charge in [-0.3, -0.25) is 9.48 Å². The van der Waals surface area contributed by atoms with Gasteiger partial charge in [-0.15, -0.1) is 11.3 Å². The normalized spacial score (nSPS) is 17.4. The van der Waals surface area contributed by atoms with Gasteiger partial charge in [0.1, 0.15) is 11.5 Å². The van der Waals surface area contributed by atoms with Gasteiger partial charge in [-0.2, -0.15) is 5.10 Å². The van der Waals surface area contributed by atoms with Crippen molar-refractivity contribution < 1.29 is 14.3 Å². The van der Waals surface area contributed by atoms with Crippen LogP contribution in [0.25, 0.3) is 11.3 Å². The molecule has 204 valence electrons. The second-order valence-corrected chi connectivity index (χ2v) is 11.3. The van der Waals surface area contributed by atoms with Gasteiger partial charge in [-0.25, -0.2) is 4.98 Å². The number of amides is 1. The van der Waals surface area contributed by atoms with E-state index in [1.165, 1.54) is 32.1 Å². The molecule has 0 bridgehead atoms. The number of rotatable bonds is 11. The number of ether oxygens (including phenoxy) is 2. The fourth-order valence-corrected chi connectivity index (χ4v) is 6.49. The van der Waals surface area contributed by atoms with Gasteiger partial charge in [0.05, 0.1) is 36.5 Å². The van der Waals surface area contributed by atoms with E-state index in [0.717, 1.165) is 61.6 Å². The van der Waals surface area contributed by atoms with Crippen molar-refractivity contribution in [1.29, 1.82) is 0 Å². The molecule has 1 saturated heterocycles. The van der Waals surface area contributed by atoms with Crippen LogP contribution in [-0.4, -0.2) is 65.5 Å². The van der Waals surface area contributed by atoms with Gasteiger partial charge in [0.25, 0.3) is 5.91 Å². The zero-order valence-corrected chi connectivity index (χ0v) is 23.3. The van der Waals surface area contributed by atoms with E-state index in [0.29, 0.717) is 17.2 Å². The first kappa shape index (κ1) is 26.7. The molecule has 1 N–H and O–H groups in total. The third kappa shape index (κ3) is 6.21. The van der Waals surface area contributed by atoms with Crippen LogP contribution < -0.4 is 14.8 Å². The van der Waals surface area contributed by atoms with Crippen molar-refractivity contribution in [3.05, 3.63) is 46.5 Å². The summed E-state index contributed by atoms with van der Waals surface area (Å²) in [6, 6.07) is 7.92. The van der Waals surface area contributed by atoms with E-state index >= 15 is 0 Å². The average molecular weight is 538 g/mol. The van der Waals surface area contributed by atoms with Crippen LogP contribution in [0.2, 0.25) is 0 Å². The van der Waals surface area contributed by atoms with Crippen LogP contribution in [0.4, 0.5) is 0 Å². The van der Waals surface area contributed by atoms with Crippen molar-refractivity contribution in [2.45, 2.75) is 69.9 Å². The number of carbonyl (C=O) groups is 1. The van der Waals surface area contributed by atoms with Crippen molar-refractivity contribution in [3.63, 3.8) is 0 Å². The van der Waals surface area contributed by atoms with Gasteiger partial charge in [0.2, 0.25) is 0 Å². The minimum Gasteiger partial charge on any atom is -0.496 e. The maximum Gasteiger partial charge on any atom is 0.272 e. The quantitative estimate of drug-likeness (QED) is 0.355. The molecule has 1 atom stereocenters. The third-order valence-electron chi connectivity index (χ3n) is 7.81. The molecule has 0 radical (unpaired) electrons. The Labute approximate surface area is 229 Å². The molecule has 1 aliphatic carbocycles. The Morgan fingerprint density at radius 1 is 1.11 bits per heavy atom. The summed E-state index contributed by atoms with van der Waals surface area (Å²) in [7, 11) is 3.32. The minimum absolute atomic E-state index is 0.00328. The van der Waals surface area contributed by atoms with Gasteiger partial charge in [-0.1, -0.05) is 25.3 Å². The van der Waals surface area contributed by atoms with E-state index in [2.05, 4.69) is 15.2 Å². The first-order valence-electron chi connectivity index (χ1n) is 13.9. The van der Waals surface area contributed by atoms with E-state index in [-0.39, 0.29) is 18.0 Å². The summed E-state index contributed by atoms with van der Waals surface area (Å²) in [6.07, 6.45) is 11.7. The lowest BCUT2D eigenvalue weighted by atomic mass is 10.1. The minimum atomic E-state index is -0.142. The number of nitrogens with zero attached hydrogens (tertiary/aromatic N) is 4. The van der Waals surface area contributed by atoms with Crippen molar-refractivity contribution in [3.8, 4) is 22.8 Å². The Balaban J connectivity index is 1.41. The van der Waals surface area contributed by atoms with E-state index < -0.39 is 0 Å². The van der Waals surface area contributed by atoms with Crippen LogP contribution in [-0.2, 0) is 6.42 Å². The summed E-state index contributed by atoms with van der Waals surface area (Å²) in [5.74, 6) is 1.27. The largest absolute Gasteiger partial charge is 0.496 e. The van der Waals surface area contributed by atoms with Crippen LogP contribution in [0.5, 0.6) is 11.5 Å². The van der Waals surface area contributed by atoms with Crippen LogP contribution >= 0.6 is 11.3 Å². The number of thiazole rings is 1. The van der Waals surface area contributed by atoms with Crippen LogP contribution in [0.15, 0.2) is 35.8 Å². The zero-order valence-electron chi connectivity index (χ0n) is 22.5. The summed E-state index contributed by atoms with van der Waals surface area (Å²) < 4.78 is 13.5. The average Bonchev–Trinajstić information content (AvgIpc) is 3.74. The van der Waals surface area contributed by atoms with Crippen molar-refractivity contribution >= 4 is 17.2 Å². The number of benzene rings is 1. The second kappa shape index (κ2) is 12.8. The predicted octanol–water partition coefficient (Wildman–Crippen LogP) is 5.36. The first-order chi connectivity index (χ1) is 18.7. The van der Waals surface area contributed by atoms with Gasteiger partial charge in [0.15, 0.2) is 5.69 Å². The molecular formula is C29H39N5O3S. The molecule has 1 aromatic carbocycles. The summed E-state index contributed by atoms with van der Waals surface area (Å²) >= 11 is 1.64. The van der Waals surface area contributed by atoms with Crippen LogP contribution in [0, 0.1) is 0 Å². The van der Waals surface area contributed by atoms with Crippen LogP contribution in [0.3, 0.4) is 0 Å². The number of nitrogens with one attached hydrogen (secondary N) is 1. The van der Waals surface area contributed by atoms with Crippen LogP contribution in [0.1, 0.15) is 72.9 Å². The molecule has 0 spiro atoms. The Morgan fingerprint density at radius 3 is 2.50 bits per heavy atom. The number of hydrogen-bond acceptors (Lipinski definition) is 7. The van der Waals surface area contributed by atoms with Gasteiger partial charge >= 0.3 is 0 Å². The number of aromatic nitrogens is 3. The molecular weight excluding hydrogens is 498 g/mol. The van der Waals surface area contributed by atoms with Gasteiger partial charge in [-0.05, 0) is 63.4 Å². The highest BCUT2D eigenvalue weighted by Crippen LogP contribution is 2.41. The molecule has 8 nitrogen and oxygen atoms in total. The fraction of sp³-hybridized carbons (Fsp3) is 0.552. The van der Waals surface area contributed by atoms with Crippen molar-refractivity contribution in [2.75, 3.05) is 33.9 Å². The third-order valence-corrected chi connectivity index (χ3v) is 8.61. The van der Waals surface area contributed by atoms with Gasteiger partial charge < -0.3 is 19.7 Å². The smallest absolute Gasteiger partial charge is 0.272 e. The lowest BCUT2D eigenvalue weighted by Crippen LogP contribution is -2.40. The molecule has 38 heavy (non-hydrogen) atoms. The Kier molecular flexibility index (Phi) is 8.96. The topological polar surface area (TPSA) is 81.5 Å². The first-order valence-corrected chi connectivity index (χ1v) is 14.8. The van der Waals surface area contributed by atoms with Crippen molar-refractivity contribution in [2.24, 2.45) is 0 Å². The molecule has 3 heterocycles. The Hall–Kier alpha value is -2.91. The molecule has 1 saturated carbocycles. The standard InChI is InChI=1S/C29H39N5O3S/c1-36-25-11-8-12-26(37-2)28(25)24-20-23(32-34(24)22-9-4-5-10-22)29(35)31-21(19-27-30-14-18-38-27)13-17-33-15-6-3-7-16-33/h8,11-12,14,18,20-22H,3-7,9-10,13,15-17,19H2,1-2H3,(H,31,35). The summed E-state index contributed by atoms with van der Waals surface area (Å²) in [6.45, 7) is 3.28. The molecule has 1 amide bonds. The zero-order chi connectivity index (χ0) is 26.3. The number of carbonyl (C=O) groups excluding carboxylic acids is 1. The SMILES string of the molecule is COc1cccc(OC)c1-c1cc(C(=O)NC(CCN2CCCCC2)Cc2nccs2)nn1C1CCCC1. The van der Waals surface area contributed by atoms with Crippen molar-refractivity contribution in [1.82, 2.24) is 25.0 Å². The van der Waals surface area contributed by atoms with E-state index in [1.807, 2.05) is 40.5 Å². The maximum absolute atomic E-state index is 13.7. The Bertz CT molecular complexity index is 1160. The van der Waals surface area contributed by atoms with E-state index in [4.69, 9.17) is 14.6 Å². The molecule has 1 aliphatic heterocycles.